The van der Waals surface area contributed by atoms with Gasteiger partial charge in [0.25, 0.3) is 5.91 Å². The highest BCUT2D eigenvalue weighted by atomic mass is 32.2. The molecule has 4 aliphatic rings. The van der Waals surface area contributed by atoms with Gasteiger partial charge >= 0.3 is 6.03 Å². The SMILES string of the molecule is C=C(C)[C@@H](CN(C)S(C)(=O)=O)NC(=O)N[C@H](C(=O)N1C[C@H]2[C@@H]([C@H]1C(=O)NC(CC1CCC1)C(=O)C(N)=O)C2(C)C)C1CCCCC1. The third kappa shape index (κ3) is 7.92. The van der Waals surface area contributed by atoms with Crippen LogP contribution in [-0.4, -0.2) is 97.7 Å². The van der Waals surface area contributed by atoms with E-state index in [1.54, 1.807) is 11.8 Å². The number of Topliss-reactive ketones (excluding diaryl/α,β-unsaturated/α-hetero) is 1. The van der Waals surface area contributed by atoms with Gasteiger partial charge in [-0.05, 0) is 55.3 Å². The maximum Gasteiger partial charge on any atom is 0.315 e. The number of fused-ring (bicyclic) bond motifs is 1. The second-order valence-corrected chi connectivity index (χ2v) is 16.7. The molecule has 0 aromatic carbocycles. The van der Waals surface area contributed by atoms with Crippen molar-refractivity contribution in [1.29, 1.82) is 0 Å². The van der Waals surface area contributed by atoms with Crippen LogP contribution in [0, 0.1) is 29.1 Å². The molecule has 258 valence electrons. The van der Waals surface area contributed by atoms with Gasteiger partial charge in [0.05, 0.1) is 18.3 Å². The first-order valence-corrected chi connectivity index (χ1v) is 18.4. The number of rotatable bonds is 14. The number of nitrogens with two attached hydrogens (primary N) is 1. The molecule has 5 amide bonds. The molecule has 14 heteroatoms. The molecule has 46 heavy (non-hydrogen) atoms. The third-order valence-corrected chi connectivity index (χ3v) is 12.3. The van der Waals surface area contributed by atoms with Crippen molar-refractivity contribution in [3.8, 4) is 0 Å². The van der Waals surface area contributed by atoms with E-state index in [1.165, 1.54) is 7.05 Å². The molecule has 0 bridgehead atoms. The summed E-state index contributed by atoms with van der Waals surface area (Å²) in [4.78, 5) is 67.9. The van der Waals surface area contributed by atoms with E-state index in [-0.39, 0.29) is 41.5 Å². The van der Waals surface area contributed by atoms with Gasteiger partial charge in [-0.25, -0.2) is 17.5 Å². The zero-order valence-corrected chi connectivity index (χ0v) is 28.7. The van der Waals surface area contributed by atoms with Crippen LogP contribution in [0.2, 0.25) is 0 Å². The fourth-order valence-corrected chi connectivity index (χ4v) is 8.04. The number of likely N-dealkylation sites (tertiary alicyclic amines) is 1. The second-order valence-electron chi connectivity index (χ2n) is 14.6. The van der Waals surface area contributed by atoms with E-state index in [4.69, 9.17) is 5.73 Å². The normalized spacial score (nSPS) is 26.2. The summed E-state index contributed by atoms with van der Waals surface area (Å²) < 4.78 is 25.1. The van der Waals surface area contributed by atoms with Crippen LogP contribution in [0.3, 0.4) is 0 Å². The quantitative estimate of drug-likeness (QED) is 0.159. The third-order valence-electron chi connectivity index (χ3n) is 11.0. The topological polar surface area (TPSA) is 188 Å². The molecule has 3 aliphatic carbocycles. The number of likely N-dealkylation sites (N-methyl/N-ethyl adjacent to an activating group) is 1. The highest BCUT2D eigenvalue weighted by Gasteiger charge is 2.69. The Kier molecular flexibility index (Phi) is 10.9. The number of urea groups is 1. The van der Waals surface area contributed by atoms with Gasteiger partial charge in [0.2, 0.25) is 27.6 Å². The number of piperidine rings is 1. The summed E-state index contributed by atoms with van der Waals surface area (Å²) in [6, 6.07) is -4.14. The number of ketones is 1. The first-order valence-electron chi connectivity index (χ1n) is 16.5. The summed E-state index contributed by atoms with van der Waals surface area (Å²) in [5.74, 6) is -2.77. The number of carbonyl (C=O) groups is 5. The van der Waals surface area contributed by atoms with Crippen molar-refractivity contribution in [2.75, 3.05) is 26.4 Å². The summed E-state index contributed by atoms with van der Waals surface area (Å²) in [5.41, 5.74) is 5.69. The molecule has 13 nitrogen and oxygen atoms in total. The predicted molar refractivity (Wildman–Crippen MR) is 172 cm³/mol. The van der Waals surface area contributed by atoms with Crippen LogP contribution < -0.4 is 21.7 Å². The van der Waals surface area contributed by atoms with Crippen LogP contribution in [-0.2, 0) is 29.2 Å². The lowest BCUT2D eigenvalue weighted by Gasteiger charge is -2.37. The van der Waals surface area contributed by atoms with Gasteiger partial charge in [0.1, 0.15) is 12.1 Å². The number of sulfonamides is 1. The maximum absolute atomic E-state index is 14.4. The first-order chi connectivity index (χ1) is 21.4. The molecule has 1 unspecified atom stereocenters. The van der Waals surface area contributed by atoms with Gasteiger partial charge in [-0.1, -0.05) is 64.5 Å². The summed E-state index contributed by atoms with van der Waals surface area (Å²) >= 11 is 0. The number of hydrogen-bond acceptors (Lipinski definition) is 7. The Morgan fingerprint density at radius 3 is 2.13 bits per heavy atom. The van der Waals surface area contributed by atoms with E-state index in [9.17, 15) is 32.4 Å². The Bertz CT molecular complexity index is 1340. The van der Waals surface area contributed by atoms with Crippen LogP contribution in [0.1, 0.15) is 78.6 Å². The maximum atomic E-state index is 14.4. The molecule has 0 spiro atoms. The first kappa shape index (κ1) is 35.8. The number of carbonyl (C=O) groups excluding carboxylic acids is 5. The fourth-order valence-electron chi connectivity index (χ4n) is 7.62. The monoisotopic (exact) mass is 664 g/mol. The van der Waals surface area contributed by atoms with Crippen molar-refractivity contribution in [3.05, 3.63) is 12.2 Å². The van der Waals surface area contributed by atoms with Gasteiger partial charge in [-0.2, -0.15) is 0 Å². The molecule has 1 saturated heterocycles. The zero-order valence-electron chi connectivity index (χ0n) is 27.8. The van der Waals surface area contributed by atoms with Crippen LogP contribution in [0.5, 0.6) is 0 Å². The molecule has 0 aromatic heterocycles. The van der Waals surface area contributed by atoms with Gasteiger partial charge in [0, 0.05) is 20.1 Å². The van der Waals surface area contributed by atoms with E-state index in [0.29, 0.717) is 18.5 Å². The number of hydrogen-bond donors (Lipinski definition) is 4. The minimum Gasteiger partial charge on any atom is -0.363 e. The van der Waals surface area contributed by atoms with Crippen molar-refractivity contribution in [3.63, 3.8) is 0 Å². The van der Waals surface area contributed by atoms with Crippen molar-refractivity contribution >= 4 is 39.6 Å². The van der Waals surface area contributed by atoms with Crippen molar-refractivity contribution < 1.29 is 32.4 Å². The Balaban J connectivity index is 1.55. The average molecular weight is 665 g/mol. The average Bonchev–Trinajstić information content (AvgIpc) is 3.27. The van der Waals surface area contributed by atoms with Crippen LogP contribution >= 0.6 is 0 Å². The van der Waals surface area contributed by atoms with Crippen molar-refractivity contribution in [2.45, 2.75) is 103 Å². The van der Waals surface area contributed by atoms with E-state index in [0.717, 1.165) is 61.9 Å². The largest absolute Gasteiger partial charge is 0.363 e. The van der Waals surface area contributed by atoms with Crippen molar-refractivity contribution in [2.24, 2.45) is 34.8 Å². The summed E-state index contributed by atoms with van der Waals surface area (Å²) in [6.07, 6.45) is 8.58. The Labute approximate surface area is 272 Å². The van der Waals surface area contributed by atoms with Crippen LogP contribution in [0.25, 0.3) is 0 Å². The number of nitrogens with one attached hydrogen (secondary N) is 3. The number of primary amides is 1. The summed E-state index contributed by atoms with van der Waals surface area (Å²) in [6.45, 7) is 10.0. The molecular formula is C32H52N6O7S. The zero-order chi connectivity index (χ0) is 34.1. The smallest absolute Gasteiger partial charge is 0.315 e. The lowest BCUT2D eigenvalue weighted by molar-refractivity contribution is -0.144. The molecule has 0 aromatic rings. The van der Waals surface area contributed by atoms with Crippen molar-refractivity contribution in [1.82, 2.24) is 25.2 Å². The van der Waals surface area contributed by atoms with Gasteiger partial charge < -0.3 is 26.6 Å². The lowest BCUT2D eigenvalue weighted by atomic mass is 9.80. The fraction of sp³-hybridized carbons (Fsp3) is 0.781. The molecule has 1 aliphatic heterocycles. The number of nitrogens with zero attached hydrogens (tertiary/aromatic N) is 2. The Morgan fingerprint density at radius 2 is 1.61 bits per heavy atom. The van der Waals surface area contributed by atoms with Crippen LogP contribution in [0.4, 0.5) is 4.79 Å². The second kappa shape index (κ2) is 14.0. The van der Waals surface area contributed by atoms with Gasteiger partial charge in [-0.3, -0.25) is 19.2 Å². The summed E-state index contributed by atoms with van der Waals surface area (Å²) in [5, 5.41) is 8.48. The lowest BCUT2D eigenvalue weighted by Crippen LogP contribution is -2.61. The molecule has 3 saturated carbocycles. The predicted octanol–water partition coefficient (Wildman–Crippen LogP) is 1.28. The van der Waals surface area contributed by atoms with E-state index in [1.807, 2.05) is 0 Å². The van der Waals surface area contributed by atoms with Crippen LogP contribution in [0.15, 0.2) is 12.2 Å². The van der Waals surface area contributed by atoms with Gasteiger partial charge in [0.15, 0.2) is 0 Å². The molecule has 0 radical (unpaired) electrons. The molecule has 4 fully saturated rings. The van der Waals surface area contributed by atoms with E-state index < -0.39 is 57.8 Å². The minimum atomic E-state index is -3.51. The van der Waals surface area contributed by atoms with E-state index >= 15 is 0 Å². The summed E-state index contributed by atoms with van der Waals surface area (Å²) in [7, 11) is -2.09. The molecule has 6 atom stereocenters. The highest BCUT2D eigenvalue weighted by molar-refractivity contribution is 7.88. The Morgan fingerprint density at radius 1 is 0.978 bits per heavy atom. The standard InChI is InChI=1S/C32H52N6O7S/c1-18(2)23(17-37(5)46(6,44)45)35-31(43)36-25(20-13-8-7-9-14-20)30(42)38-16-21-24(32(21,3)4)26(38)29(41)34-22(27(39)28(33)40)15-19-11-10-12-19/h19-26H,1,7-17H2,2-6H3,(H2,33,40)(H,34,41)(H2,35,36,43)/t21-,22?,23+,24-,25-,26-/m0/s1. The Hall–Kier alpha value is -3.00. The molecular weight excluding hydrogens is 612 g/mol. The van der Waals surface area contributed by atoms with Gasteiger partial charge in [-0.15, -0.1) is 0 Å². The highest BCUT2D eigenvalue weighted by Crippen LogP contribution is 2.65. The molecule has 4 rings (SSSR count). The molecule has 1 heterocycles. The number of amides is 5. The van der Waals surface area contributed by atoms with E-state index in [2.05, 4.69) is 36.4 Å². The molecule has 5 N–H and O–H groups in total. The minimum absolute atomic E-state index is 0.0253.